The van der Waals surface area contributed by atoms with Crippen molar-refractivity contribution in [1.82, 2.24) is 20.6 Å². The number of thiophene rings is 1. The van der Waals surface area contributed by atoms with Crippen molar-refractivity contribution in [3.05, 3.63) is 53.7 Å². The van der Waals surface area contributed by atoms with E-state index >= 15 is 0 Å². The number of hydrogen-bond acceptors (Lipinski definition) is 6. The van der Waals surface area contributed by atoms with Crippen molar-refractivity contribution in [3.63, 3.8) is 0 Å². The maximum absolute atomic E-state index is 12.7. The fraction of sp³-hybridized carbons (Fsp3) is 0.176. The van der Waals surface area contributed by atoms with Gasteiger partial charge in [0.25, 0.3) is 0 Å². The summed E-state index contributed by atoms with van der Waals surface area (Å²) in [5, 5.41) is 7.92. The zero-order valence-corrected chi connectivity index (χ0v) is 15.1. The van der Waals surface area contributed by atoms with E-state index in [4.69, 9.17) is 0 Å². The Kier molecular flexibility index (Phi) is 5.62. The van der Waals surface area contributed by atoms with Crippen LogP contribution in [0.3, 0.4) is 0 Å². The quantitative estimate of drug-likeness (QED) is 0.530. The van der Waals surface area contributed by atoms with Crippen molar-refractivity contribution in [1.29, 1.82) is 0 Å². The normalized spacial score (nSPS) is 11.9. The molecule has 2 heterocycles. The van der Waals surface area contributed by atoms with Gasteiger partial charge in [-0.15, -0.1) is 11.3 Å². The molecule has 1 unspecified atom stereocenters. The van der Waals surface area contributed by atoms with Crippen LogP contribution in [-0.2, 0) is 4.79 Å². The number of benzene rings is 1. The van der Waals surface area contributed by atoms with Crippen LogP contribution in [0.1, 0.15) is 17.7 Å². The molecule has 0 fully saturated rings. The van der Waals surface area contributed by atoms with E-state index < -0.39 is 11.3 Å². The standard InChI is InChI=1S/C17H16N4O2S2/c1-2-18-17(23)21-14(22)13(11-6-4-3-5-7-11)25-16-12-8-9-24-15(12)19-10-20-16/h3-10,13H,2H2,1H3,(H2,18,21,22,23). The highest BCUT2D eigenvalue weighted by Gasteiger charge is 2.25. The fourth-order valence-electron chi connectivity index (χ4n) is 2.26. The summed E-state index contributed by atoms with van der Waals surface area (Å²) in [7, 11) is 0. The van der Waals surface area contributed by atoms with Crippen LogP contribution in [0.25, 0.3) is 10.2 Å². The van der Waals surface area contributed by atoms with Crippen LogP contribution >= 0.6 is 23.1 Å². The van der Waals surface area contributed by atoms with Gasteiger partial charge in [0.15, 0.2) is 0 Å². The molecular weight excluding hydrogens is 356 g/mol. The summed E-state index contributed by atoms with van der Waals surface area (Å²) in [4.78, 5) is 33.8. The van der Waals surface area contributed by atoms with Crippen LogP contribution in [0.5, 0.6) is 0 Å². The Hall–Kier alpha value is -2.45. The second-order valence-electron chi connectivity index (χ2n) is 5.08. The molecule has 0 aliphatic carbocycles. The molecule has 3 aromatic rings. The third kappa shape index (κ3) is 4.15. The number of fused-ring (bicyclic) bond motifs is 1. The molecule has 0 saturated heterocycles. The molecule has 25 heavy (non-hydrogen) atoms. The lowest BCUT2D eigenvalue weighted by Gasteiger charge is -2.16. The van der Waals surface area contributed by atoms with E-state index in [1.165, 1.54) is 29.4 Å². The summed E-state index contributed by atoms with van der Waals surface area (Å²) in [6.45, 7) is 2.24. The van der Waals surface area contributed by atoms with Gasteiger partial charge in [-0.1, -0.05) is 42.1 Å². The van der Waals surface area contributed by atoms with Gasteiger partial charge in [-0.3, -0.25) is 10.1 Å². The third-order valence-corrected chi connectivity index (χ3v) is 5.46. The average Bonchev–Trinajstić information content (AvgIpc) is 3.10. The van der Waals surface area contributed by atoms with Crippen LogP contribution in [0, 0.1) is 0 Å². The summed E-state index contributed by atoms with van der Waals surface area (Å²) in [5.41, 5.74) is 0.802. The summed E-state index contributed by atoms with van der Waals surface area (Å²) in [5.74, 6) is -0.385. The molecule has 0 aliphatic rings. The van der Waals surface area contributed by atoms with Gasteiger partial charge in [-0.05, 0) is 23.9 Å². The third-order valence-electron chi connectivity index (χ3n) is 3.37. The fourth-order valence-corrected chi connectivity index (χ4v) is 4.14. The van der Waals surface area contributed by atoms with Crippen LogP contribution in [0.4, 0.5) is 4.79 Å². The zero-order valence-electron chi connectivity index (χ0n) is 13.4. The summed E-state index contributed by atoms with van der Waals surface area (Å²) in [6.07, 6.45) is 1.49. The Bertz CT molecular complexity index is 882. The van der Waals surface area contributed by atoms with E-state index in [9.17, 15) is 9.59 Å². The molecule has 6 nitrogen and oxygen atoms in total. The Morgan fingerprint density at radius 2 is 2.00 bits per heavy atom. The molecule has 2 aromatic heterocycles. The van der Waals surface area contributed by atoms with Crippen molar-refractivity contribution in [2.75, 3.05) is 6.54 Å². The maximum atomic E-state index is 12.7. The summed E-state index contributed by atoms with van der Waals surface area (Å²) < 4.78 is 0. The highest BCUT2D eigenvalue weighted by Crippen LogP contribution is 2.38. The molecule has 0 radical (unpaired) electrons. The topological polar surface area (TPSA) is 84.0 Å². The number of urea groups is 1. The lowest BCUT2D eigenvalue weighted by atomic mass is 10.1. The first-order valence-corrected chi connectivity index (χ1v) is 9.43. The number of amides is 3. The lowest BCUT2D eigenvalue weighted by Crippen LogP contribution is -2.41. The first-order valence-electron chi connectivity index (χ1n) is 7.67. The number of nitrogens with zero attached hydrogens (tertiary/aromatic N) is 2. The molecule has 1 aromatic carbocycles. The minimum absolute atomic E-state index is 0.385. The molecule has 0 aliphatic heterocycles. The first kappa shape index (κ1) is 17.4. The van der Waals surface area contributed by atoms with E-state index in [1.807, 2.05) is 41.8 Å². The van der Waals surface area contributed by atoms with Gasteiger partial charge in [0.1, 0.15) is 21.4 Å². The Balaban J connectivity index is 1.90. The van der Waals surface area contributed by atoms with Crippen molar-refractivity contribution in [2.24, 2.45) is 0 Å². The van der Waals surface area contributed by atoms with Crippen molar-refractivity contribution >= 4 is 45.3 Å². The number of hydrogen-bond donors (Lipinski definition) is 2. The second-order valence-corrected chi connectivity index (χ2v) is 7.06. The Morgan fingerprint density at radius 3 is 2.76 bits per heavy atom. The predicted octanol–water partition coefficient (Wildman–Crippen LogP) is 3.37. The zero-order chi connectivity index (χ0) is 17.6. The van der Waals surface area contributed by atoms with E-state index in [2.05, 4.69) is 20.6 Å². The molecule has 1 atom stereocenters. The van der Waals surface area contributed by atoms with E-state index in [-0.39, 0.29) is 5.91 Å². The van der Waals surface area contributed by atoms with E-state index in [1.54, 1.807) is 6.92 Å². The summed E-state index contributed by atoms with van der Waals surface area (Å²) in [6, 6.07) is 10.8. The second kappa shape index (κ2) is 8.09. The van der Waals surface area contributed by atoms with Crippen LogP contribution in [0.15, 0.2) is 53.1 Å². The van der Waals surface area contributed by atoms with Crippen LogP contribution in [0.2, 0.25) is 0 Å². The van der Waals surface area contributed by atoms with Gasteiger partial charge in [-0.25, -0.2) is 14.8 Å². The molecule has 0 spiro atoms. The SMILES string of the molecule is CCNC(=O)NC(=O)C(Sc1ncnc2sccc12)c1ccccc1. The summed E-state index contributed by atoms with van der Waals surface area (Å²) >= 11 is 2.83. The smallest absolute Gasteiger partial charge is 0.321 e. The molecule has 3 amide bonds. The number of carbonyl (C=O) groups excluding carboxylic acids is 2. The van der Waals surface area contributed by atoms with Crippen molar-refractivity contribution < 1.29 is 9.59 Å². The number of imide groups is 1. The number of aromatic nitrogens is 2. The van der Waals surface area contributed by atoms with Crippen LogP contribution < -0.4 is 10.6 Å². The van der Waals surface area contributed by atoms with Gasteiger partial charge < -0.3 is 5.32 Å². The van der Waals surface area contributed by atoms with E-state index in [0.717, 1.165) is 15.8 Å². The lowest BCUT2D eigenvalue weighted by molar-refractivity contribution is -0.119. The molecule has 8 heteroatoms. The van der Waals surface area contributed by atoms with Crippen molar-refractivity contribution in [2.45, 2.75) is 17.2 Å². The minimum Gasteiger partial charge on any atom is -0.338 e. The van der Waals surface area contributed by atoms with Crippen molar-refractivity contribution in [3.8, 4) is 0 Å². The molecular formula is C17H16N4O2S2. The van der Waals surface area contributed by atoms with Gasteiger partial charge in [0.2, 0.25) is 5.91 Å². The Labute approximate surface area is 153 Å². The monoisotopic (exact) mass is 372 g/mol. The number of thioether (sulfide) groups is 1. The molecule has 128 valence electrons. The highest BCUT2D eigenvalue weighted by molar-refractivity contribution is 8.00. The van der Waals surface area contributed by atoms with Gasteiger partial charge in [0, 0.05) is 11.9 Å². The predicted molar refractivity (Wildman–Crippen MR) is 99.7 cm³/mol. The highest BCUT2D eigenvalue weighted by atomic mass is 32.2. The number of rotatable bonds is 5. The number of carbonyl (C=O) groups is 2. The largest absolute Gasteiger partial charge is 0.338 e. The first-order chi connectivity index (χ1) is 12.2. The minimum atomic E-state index is -0.596. The number of nitrogens with one attached hydrogen (secondary N) is 2. The average molecular weight is 372 g/mol. The maximum Gasteiger partial charge on any atom is 0.321 e. The van der Waals surface area contributed by atoms with Crippen LogP contribution in [-0.4, -0.2) is 28.5 Å². The molecule has 2 N–H and O–H groups in total. The van der Waals surface area contributed by atoms with Gasteiger partial charge in [0.05, 0.1) is 0 Å². The molecule has 3 rings (SSSR count). The van der Waals surface area contributed by atoms with Gasteiger partial charge in [-0.2, -0.15) is 0 Å². The molecule has 0 saturated carbocycles. The van der Waals surface area contributed by atoms with Gasteiger partial charge >= 0.3 is 6.03 Å². The Morgan fingerprint density at radius 1 is 1.20 bits per heavy atom. The molecule has 0 bridgehead atoms. The van der Waals surface area contributed by atoms with E-state index in [0.29, 0.717) is 11.6 Å².